The van der Waals surface area contributed by atoms with Gasteiger partial charge in [0.15, 0.2) is 6.04 Å². The van der Waals surface area contributed by atoms with E-state index in [1.54, 1.807) is 6.07 Å². The third-order valence-electron chi connectivity index (χ3n) is 2.51. The minimum atomic E-state index is -1.56. The largest absolute Gasteiger partial charge is 0.367 e. The molecule has 0 aliphatic carbocycles. The van der Waals surface area contributed by atoms with Crippen molar-refractivity contribution in [3.05, 3.63) is 34.1 Å². The van der Waals surface area contributed by atoms with E-state index in [9.17, 15) is 18.8 Å². The molecule has 0 aromatic heterocycles. The predicted octanol–water partition coefficient (Wildman–Crippen LogP) is -0.0238. The van der Waals surface area contributed by atoms with E-state index in [0.29, 0.717) is 10.0 Å². The van der Waals surface area contributed by atoms with Crippen molar-refractivity contribution in [3.63, 3.8) is 0 Å². The first-order valence-corrected chi connectivity index (χ1v) is 6.42. The third-order valence-corrected chi connectivity index (χ3v) is 3.00. The number of amides is 3. The molecular weight excluding hydrogens is 333 g/mol. The Hall–Kier alpha value is -1.96. The van der Waals surface area contributed by atoms with Gasteiger partial charge in [0.05, 0.1) is 0 Å². The number of hydrogen-bond acceptors (Lipinski definition) is 3. The average molecular weight is 346 g/mol. The van der Waals surface area contributed by atoms with E-state index in [1.807, 2.05) is 0 Å². The van der Waals surface area contributed by atoms with Crippen LogP contribution in [0.5, 0.6) is 0 Å². The van der Waals surface area contributed by atoms with Crippen LogP contribution in [0.3, 0.4) is 0 Å². The van der Waals surface area contributed by atoms with Gasteiger partial charge in [-0.3, -0.25) is 14.4 Å². The summed E-state index contributed by atoms with van der Waals surface area (Å²) in [7, 11) is 0. The van der Waals surface area contributed by atoms with Gasteiger partial charge in [0.25, 0.3) is 0 Å². The van der Waals surface area contributed by atoms with Crippen molar-refractivity contribution in [2.24, 2.45) is 11.5 Å². The Labute approximate surface area is 122 Å². The van der Waals surface area contributed by atoms with Crippen molar-refractivity contribution in [2.45, 2.75) is 18.9 Å². The van der Waals surface area contributed by atoms with Gasteiger partial charge in [-0.1, -0.05) is 22.0 Å². The van der Waals surface area contributed by atoms with Gasteiger partial charge in [-0.2, -0.15) is 0 Å². The molecule has 0 radical (unpaired) electrons. The first kappa shape index (κ1) is 16.1. The van der Waals surface area contributed by atoms with Crippen molar-refractivity contribution >= 4 is 33.7 Å². The fraction of sp³-hybridized carbons (Fsp3) is 0.250. The Morgan fingerprint density at radius 1 is 1.25 bits per heavy atom. The van der Waals surface area contributed by atoms with E-state index in [-0.39, 0.29) is 12.8 Å². The SMILES string of the molecule is NC(=O)C(NC(=O)CCc1ccc(Br)cc1F)C(N)=O. The van der Waals surface area contributed by atoms with Crippen LogP contribution in [-0.4, -0.2) is 23.8 Å². The Balaban J connectivity index is 2.59. The van der Waals surface area contributed by atoms with Crippen LogP contribution in [0.4, 0.5) is 4.39 Å². The van der Waals surface area contributed by atoms with Gasteiger partial charge >= 0.3 is 0 Å². The Bertz CT molecular complexity index is 537. The molecule has 108 valence electrons. The third kappa shape index (κ3) is 4.61. The summed E-state index contributed by atoms with van der Waals surface area (Å²) in [5.41, 5.74) is 10.2. The van der Waals surface area contributed by atoms with Gasteiger partial charge in [0.2, 0.25) is 17.7 Å². The number of primary amides is 2. The molecular formula is C12H13BrFN3O3. The zero-order chi connectivity index (χ0) is 15.3. The van der Waals surface area contributed by atoms with Gasteiger partial charge in [0, 0.05) is 10.9 Å². The summed E-state index contributed by atoms with van der Waals surface area (Å²) < 4.78 is 14.1. The summed E-state index contributed by atoms with van der Waals surface area (Å²) in [5, 5.41) is 2.10. The Kier molecular flexibility index (Phi) is 5.63. The summed E-state index contributed by atoms with van der Waals surface area (Å²) in [6.07, 6.45) is 0.0187. The highest BCUT2D eigenvalue weighted by Gasteiger charge is 2.23. The molecule has 0 aliphatic rings. The minimum absolute atomic E-state index is 0.102. The molecule has 0 bridgehead atoms. The van der Waals surface area contributed by atoms with Crippen LogP contribution in [0.15, 0.2) is 22.7 Å². The normalized spacial score (nSPS) is 10.3. The molecule has 0 saturated heterocycles. The number of carbonyl (C=O) groups excluding carboxylic acids is 3. The number of carbonyl (C=O) groups is 3. The molecule has 6 nitrogen and oxygen atoms in total. The molecule has 0 saturated carbocycles. The number of rotatable bonds is 6. The Morgan fingerprint density at radius 2 is 1.85 bits per heavy atom. The second-order valence-electron chi connectivity index (χ2n) is 4.04. The highest BCUT2D eigenvalue weighted by atomic mass is 79.9. The summed E-state index contributed by atoms with van der Waals surface area (Å²) in [6, 6.07) is 2.90. The van der Waals surface area contributed by atoms with Crippen molar-refractivity contribution < 1.29 is 18.8 Å². The maximum atomic E-state index is 13.5. The van der Waals surface area contributed by atoms with Crippen molar-refractivity contribution in [1.82, 2.24) is 5.32 Å². The second-order valence-corrected chi connectivity index (χ2v) is 4.96. The molecule has 0 fully saturated rings. The van der Waals surface area contributed by atoms with Crippen LogP contribution in [-0.2, 0) is 20.8 Å². The molecule has 5 N–H and O–H groups in total. The number of benzene rings is 1. The van der Waals surface area contributed by atoms with Gasteiger partial charge in [-0.25, -0.2) is 4.39 Å². The quantitative estimate of drug-likeness (QED) is 0.629. The van der Waals surface area contributed by atoms with E-state index in [4.69, 9.17) is 11.5 Å². The van der Waals surface area contributed by atoms with Gasteiger partial charge < -0.3 is 16.8 Å². The molecule has 3 amide bonds. The number of aryl methyl sites for hydroxylation is 1. The van der Waals surface area contributed by atoms with Crippen molar-refractivity contribution in [1.29, 1.82) is 0 Å². The number of nitrogens with two attached hydrogens (primary N) is 2. The molecule has 0 atom stereocenters. The minimum Gasteiger partial charge on any atom is -0.367 e. The average Bonchev–Trinajstić information content (AvgIpc) is 2.34. The molecule has 1 aromatic rings. The highest BCUT2D eigenvalue weighted by molar-refractivity contribution is 9.10. The van der Waals surface area contributed by atoms with Crippen molar-refractivity contribution in [2.75, 3.05) is 0 Å². The van der Waals surface area contributed by atoms with E-state index in [2.05, 4.69) is 21.2 Å². The lowest BCUT2D eigenvalue weighted by molar-refractivity contribution is -0.133. The molecule has 0 heterocycles. The monoisotopic (exact) mass is 345 g/mol. The molecule has 1 rings (SSSR count). The lowest BCUT2D eigenvalue weighted by atomic mass is 10.1. The van der Waals surface area contributed by atoms with E-state index in [1.165, 1.54) is 12.1 Å². The van der Waals surface area contributed by atoms with Crippen LogP contribution in [0.25, 0.3) is 0 Å². The molecule has 0 spiro atoms. The standard InChI is InChI=1S/C12H13BrFN3O3/c13-7-3-1-6(8(14)5-7)2-4-9(18)17-10(11(15)19)12(16)20/h1,3,5,10H,2,4H2,(H2,15,19)(H2,16,20)(H,17,18). The number of halogens is 2. The van der Waals surface area contributed by atoms with Crippen LogP contribution in [0.2, 0.25) is 0 Å². The molecule has 1 aromatic carbocycles. The molecule has 0 aliphatic heterocycles. The summed E-state index contributed by atoms with van der Waals surface area (Å²) in [6.45, 7) is 0. The maximum absolute atomic E-state index is 13.5. The molecule has 0 unspecified atom stereocenters. The summed E-state index contributed by atoms with van der Waals surface area (Å²) in [4.78, 5) is 33.3. The van der Waals surface area contributed by atoms with Crippen LogP contribution in [0.1, 0.15) is 12.0 Å². The fourth-order valence-electron chi connectivity index (χ4n) is 1.49. The van der Waals surface area contributed by atoms with Crippen molar-refractivity contribution in [3.8, 4) is 0 Å². The number of hydrogen-bond donors (Lipinski definition) is 3. The maximum Gasteiger partial charge on any atom is 0.249 e. The van der Waals surface area contributed by atoms with Crippen LogP contribution >= 0.6 is 15.9 Å². The zero-order valence-electron chi connectivity index (χ0n) is 10.4. The lowest BCUT2D eigenvalue weighted by Gasteiger charge is -2.11. The van der Waals surface area contributed by atoms with E-state index >= 15 is 0 Å². The first-order chi connectivity index (χ1) is 9.31. The zero-order valence-corrected chi connectivity index (χ0v) is 11.9. The van der Waals surface area contributed by atoms with Crippen LogP contribution < -0.4 is 16.8 Å². The first-order valence-electron chi connectivity index (χ1n) is 5.63. The van der Waals surface area contributed by atoms with Crippen LogP contribution in [0, 0.1) is 5.82 Å². The second kappa shape index (κ2) is 6.99. The fourth-order valence-corrected chi connectivity index (χ4v) is 1.82. The smallest absolute Gasteiger partial charge is 0.249 e. The lowest BCUT2D eigenvalue weighted by Crippen LogP contribution is -2.52. The van der Waals surface area contributed by atoms with Gasteiger partial charge in [0.1, 0.15) is 5.82 Å². The summed E-state index contributed by atoms with van der Waals surface area (Å²) in [5.74, 6) is -3.15. The highest BCUT2D eigenvalue weighted by Crippen LogP contribution is 2.16. The van der Waals surface area contributed by atoms with E-state index < -0.39 is 29.6 Å². The molecule has 20 heavy (non-hydrogen) atoms. The topological polar surface area (TPSA) is 115 Å². The predicted molar refractivity (Wildman–Crippen MR) is 72.7 cm³/mol. The van der Waals surface area contributed by atoms with E-state index in [0.717, 1.165) is 0 Å². The Morgan fingerprint density at radius 3 is 2.35 bits per heavy atom. The molecule has 8 heteroatoms. The summed E-state index contributed by atoms with van der Waals surface area (Å²) >= 11 is 3.12. The number of nitrogens with one attached hydrogen (secondary N) is 1. The van der Waals surface area contributed by atoms with Gasteiger partial charge in [-0.15, -0.1) is 0 Å². The van der Waals surface area contributed by atoms with Gasteiger partial charge in [-0.05, 0) is 24.1 Å².